The molecule has 1 aromatic carbocycles. The molecule has 3 nitrogen and oxygen atoms in total. The number of rotatable bonds is 3. The van der Waals surface area contributed by atoms with Gasteiger partial charge in [0.05, 0.1) is 4.34 Å². The van der Waals surface area contributed by atoms with E-state index in [2.05, 4.69) is 20.7 Å². The number of hydrogen-bond donors (Lipinski definition) is 1. The molecule has 1 heterocycles. The van der Waals surface area contributed by atoms with Crippen LogP contribution in [-0.4, -0.2) is 8.42 Å². The molecule has 0 unspecified atom stereocenters. The summed E-state index contributed by atoms with van der Waals surface area (Å²) in [5.74, 6) is 0. The Morgan fingerprint density at radius 1 is 1.28 bits per heavy atom. The van der Waals surface area contributed by atoms with Gasteiger partial charge in [0.25, 0.3) is 10.0 Å². The first kappa shape index (κ1) is 13.9. The van der Waals surface area contributed by atoms with E-state index in [9.17, 15) is 8.42 Å². The summed E-state index contributed by atoms with van der Waals surface area (Å²) in [5, 5.41) is 0. The molecule has 96 valence electrons. The number of thiophene rings is 1. The third kappa shape index (κ3) is 3.06. The smallest absolute Gasteiger partial charge is 0.271 e. The molecule has 0 spiro atoms. The van der Waals surface area contributed by atoms with Crippen LogP contribution >= 0.6 is 38.9 Å². The zero-order valence-corrected chi connectivity index (χ0v) is 13.3. The molecule has 2 rings (SSSR count). The second-order valence-corrected chi connectivity index (χ2v) is 8.11. The molecule has 0 aliphatic heterocycles. The van der Waals surface area contributed by atoms with Crippen LogP contribution in [0.1, 0.15) is 5.56 Å². The quantitative estimate of drug-likeness (QED) is 0.881. The summed E-state index contributed by atoms with van der Waals surface area (Å²) < 4.78 is 28.2. The Bertz CT molecular complexity index is 682. The lowest BCUT2D eigenvalue weighted by atomic mass is 10.2. The lowest BCUT2D eigenvalue weighted by molar-refractivity contribution is 0.603. The largest absolute Gasteiger partial charge is 0.279 e. The molecule has 1 N–H and O–H groups in total. The Balaban J connectivity index is 2.30. The maximum Gasteiger partial charge on any atom is 0.271 e. The van der Waals surface area contributed by atoms with Crippen molar-refractivity contribution >= 4 is 54.6 Å². The number of hydrogen-bond acceptors (Lipinski definition) is 3. The first-order chi connectivity index (χ1) is 8.38. The van der Waals surface area contributed by atoms with Crippen LogP contribution in [0.3, 0.4) is 0 Å². The zero-order chi connectivity index (χ0) is 13.3. The van der Waals surface area contributed by atoms with Crippen LogP contribution in [0.5, 0.6) is 0 Å². The maximum absolute atomic E-state index is 12.0. The van der Waals surface area contributed by atoms with Gasteiger partial charge in [0.1, 0.15) is 4.21 Å². The topological polar surface area (TPSA) is 46.2 Å². The van der Waals surface area contributed by atoms with Crippen LogP contribution in [0.25, 0.3) is 0 Å². The van der Waals surface area contributed by atoms with Crippen molar-refractivity contribution in [1.82, 2.24) is 0 Å². The molecule has 0 bridgehead atoms. The molecule has 0 fully saturated rings. The van der Waals surface area contributed by atoms with Crippen molar-refractivity contribution in [2.24, 2.45) is 0 Å². The maximum atomic E-state index is 12.0. The summed E-state index contributed by atoms with van der Waals surface area (Å²) in [6, 6.07) is 8.31. The Morgan fingerprint density at radius 2 is 2.00 bits per heavy atom. The summed E-state index contributed by atoms with van der Waals surface area (Å²) in [6.07, 6.45) is 0. The molecule has 1 aromatic heterocycles. The van der Waals surface area contributed by atoms with Gasteiger partial charge in [0, 0.05) is 10.2 Å². The van der Waals surface area contributed by atoms with Gasteiger partial charge in [-0.2, -0.15) is 0 Å². The minimum atomic E-state index is -3.55. The Labute approximate surface area is 123 Å². The number of aryl methyl sites for hydroxylation is 1. The van der Waals surface area contributed by atoms with Crippen LogP contribution < -0.4 is 4.72 Å². The summed E-state index contributed by atoms with van der Waals surface area (Å²) in [5.41, 5.74) is 1.49. The normalized spacial score (nSPS) is 11.5. The molecule has 0 aliphatic carbocycles. The lowest BCUT2D eigenvalue weighted by Gasteiger charge is -2.07. The van der Waals surface area contributed by atoms with Crippen molar-refractivity contribution in [3.8, 4) is 0 Å². The Hall–Kier alpha value is -0.560. The van der Waals surface area contributed by atoms with Gasteiger partial charge < -0.3 is 0 Å². The third-order valence-electron chi connectivity index (χ3n) is 2.22. The molecule has 0 radical (unpaired) electrons. The van der Waals surface area contributed by atoms with Crippen LogP contribution in [0.4, 0.5) is 5.69 Å². The SMILES string of the molecule is Cc1cc(NS(=O)(=O)c2ccc(Cl)s2)ccc1Br. The molecule has 0 aliphatic rings. The second-order valence-electron chi connectivity index (χ2n) is 3.63. The van der Waals surface area contributed by atoms with Gasteiger partial charge in [-0.3, -0.25) is 4.72 Å². The van der Waals surface area contributed by atoms with E-state index in [1.165, 1.54) is 6.07 Å². The van der Waals surface area contributed by atoms with E-state index in [1.807, 2.05) is 6.92 Å². The van der Waals surface area contributed by atoms with E-state index in [0.29, 0.717) is 10.0 Å². The predicted octanol–water partition coefficient (Wildman–Crippen LogP) is 4.27. The van der Waals surface area contributed by atoms with E-state index >= 15 is 0 Å². The van der Waals surface area contributed by atoms with E-state index in [4.69, 9.17) is 11.6 Å². The molecule has 2 aromatic rings. The van der Waals surface area contributed by atoms with Gasteiger partial charge in [-0.1, -0.05) is 27.5 Å². The third-order valence-corrected chi connectivity index (χ3v) is 6.22. The first-order valence-corrected chi connectivity index (χ1v) is 8.40. The average molecular weight is 367 g/mol. The van der Waals surface area contributed by atoms with E-state index < -0.39 is 10.0 Å². The minimum absolute atomic E-state index is 0.202. The van der Waals surface area contributed by atoms with Gasteiger partial charge >= 0.3 is 0 Å². The van der Waals surface area contributed by atoms with Crippen molar-refractivity contribution in [3.63, 3.8) is 0 Å². The van der Waals surface area contributed by atoms with E-state index in [-0.39, 0.29) is 4.21 Å². The molecule has 0 saturated heterocycles. The average Bonchev–Trinajstić information content (AvgIpc) is 2.71. The zero-order valence-electron chi connectivity index (χ0n) is 9.28. The molecular formula is C11H9BrClNO2S2. The highest BCUT2D eigenvalue weighted by Crippen LogP contribution is 2.28. The standard InChI is InChI=1S/C11H9BrClNO2S2/c1-7-6-8(2-3-9(7)12)14-18(15,16)11-5-4-10(13)17-11/h2-6,14H,1H3. The summed E-state index contributed by atoms with van der Waals surface area (Å²) in [6.45, 7) is 1.89. The van der Waals surface area contributed by atoms with Gasteiger partial charge in [-0.05, 0) is 42.8 Å². The predicted molar refractivity (Wildman–Crippen MR) is 79.0 cm³/mol. The molecule has 7 heteroatoms. The fraction of sp³-hybridized carbons (Fsp3) is 0.0909. The van der Waals surface area contributed by atoms with Gasteiger partial charge in [0.2, 0.25) is 0 Å². The highest BCUT2D eigenvalue weighted by atomic mass is 79.9. The van der Waals surface area contributed by atoms with Gasteiger partial charge in [-0.25, -0.2) is 8.42 Å². The first-order valence-electron chi connectivity index (χ1n) is 4.93. The highest BCUT2D eigenvalue weighted by Gasteiger charge is 2.16. The van der Waals surface area contributed by atoms with Crippen LogP contribution in [0, 0.1) is 6.92 Å². The van der Waals surface area contributed by atoms with E-state index in [1.54, 1.807) is 24.3 Å². The second kappa shape index (κ2) is 5.21. The van der Waals surface area contributed by atoms with Crippen LogP contribution in [-0.2, 0) is 10.0 Å². The number of benzene rings is 1. The van der Waals surface area contributed by atoms with Gasteiger partial charge in [-0.15, -0.1) is 11.3 Å². The fourth-order valence-corrected chi connectivity index (χ4v) is 4.13. The van der Waals surface area contributed by atoms with Crippen LogP contribution in [0.15, 0.2) is 39.0 Å². The number of anilines is 1. The summed E-state index contributed by atoms with van der Waals surface area (Å²) >= 11 is 10.1. The van der Waals surface area contributed by atoms with Gasteiger partial charge in [0.15, 0.2) is 0 Å². The number of nitrogens with one attached hydrogen (secondary N) is 1. The summed E-state index contributed by atoms with van der Waals surface area (Å²) in [7, 11) is -3.55. The van der Waals surface area contributed by atoms with E-state index in [0.717, 1.165) is 21.4 Å². The number of sulfonamides is 1. The fourth-order valence-electron chi connectivity index (χ4n) is 1.36. The van der Waals surface area contributed by atoms with Crippen molar-refractivity contribution in [2.45, 2.75) is 11.1 Å². The van der Waals surface area contributed by atoms with Crippen molar-refractivity contribution in [2.75, 3.05) is 4.72 Å². The van der Waals surface area contributed by atoms with Crippen molar-refractivity contribution < 1.29 is 8.42 Å². The molecular weight excluding hydrogens is 358 g/mol. The van der Waals surface area contributed by atoms with Crippen LogP contribution in [0.2, 0.25) is 4.34 Å². The molecule has 0 amide bonds. The monoisotopic (exact) mass is 365 g/mol. The Kier molecular flexibility index (Phi) is 4.01. The van der Waals surface area contributed by atoms with Crippen molar-refractivity contribution in [1.29, 1.82) is 0 Å². The molecule has 18 heavy (non-hydrogen) atoms. The summed E-state index contributed by atoms with van der Waals surface area (Å²) in [4.78, 5) is 0. The minimum Gasteiger partial charge on any atom is -0.279 e. The number of halogens is 2. The highest BCUT2D eigenvalue weighted by molar-refractivity contribution is 9.10. The Morgan fingerprint density at radius 3 is 2.56 bits per heavy atom. The van der Waals surface area contributed by atoms with Crippen molar-refractivity contribution in [3.05, 3.63) is 44.7 Å². The molecule has 0 atom stereocenters. The molecule has 0 saturated carbocycles. The lowest BCUT2D eigenvalue weighted by Crippen LogP contribution is -2.11.